The molecule has 114 valence electrons. The summed E-state index contributed by atoms with van der Waals surface area (Å²) in [5, 5.41) is 15.3. The van der Waals surface area contributed by atoms with Crippen LogP contribution in [0.2, 0.25) is 0 Å². The van der Waals surface area contributed by atoms with Crippen LogP contribution in [-0.4, -0.2) is 28.1 Å². The number of anilines is 1. The molecule has 1 saturated carbocycles. The van der Waals surface area contributed by atoms with Gasteiger partial charge in [0.2, 0.25) is 0 Å². The number of hydrogen-bond acceptors (Lipinski definition) is 4. The Hall–Kier alpha value is -1.63. The lowest BCUT2D eigenvalue weighted by Gasteiger charge is -2.26. The summed E-state index contributed by atoms with van der Waals surface area (Å²) in [6.07, 6.45) is 5.94. The maximum absolute atomic E-state index is 12.0. The van der Waals surface area contributed by atoms with E-state index in [9.17, 15) is 9.59 Å². The zero-order valence-electron chi connectivity index (χ0n) is 11.7. The Morgan fingerprint density at radius 1 is 1.19 bits per heavy atom. The van der Waals surface area contributed by atoms with Crippen molar-refractivity contribution in [3.8, 4) is 0 Å². The SMILES string of the molecule is O=C(Nc1nc2c(s1)CCC2)NC1CCC(C(=O)O)CC1. The normalized spacial score (nSPS) is 24.4. The Labute approximate surface area is 127 Å². The molecule has 2 aliphatic carbocycles. The minimum absolute atomic E-state index is 0.0624. The highest BCUT2D eigenvalue weighted by atomic mass is 32.1. The van der Waals surface area contributed by atoms with Crippen LogP contribution < -0.4 is 10.6 Å². The van der Waals surface area contributed by atoms with Crippen LogP contribution in [0.25, 0.3) is 0 Å². The van der Waals surface area contributed by atoms with Crippen LogP contribution in [0.4, 0.5) is 9.93 Å². The van der Waals surface area contributed by atoms with Crippen molar-refractivity contribution in [3.05, 3.63) is 10.6 Å². The molecule has 3 rings (SSSR count). The monoisotopic (exact) mass is 309 g/mol. The molecule has 0 atom stereocenters. The highest BCUT2D eigenvalue weighted by molar-refractivity contribution is 7.15. The molecule has 1 fully saturated rings. The lowest BCUT2D eigenvalue weighted by molar-refractivity contribution is -0.142. The van der Waals surface area contributed by atoms with Crippen molar-refractivity contribution in [2.75, 3.05) is 5.32 Å². The number of carboxylic acids is 1. The fourth-order valence-electron chi connectivity index (χ4n) is 3.05. The molecule has 1 aromatic rings. The van der Waals surface area contributed by atoms with Gasteiger partial charge in [-0.15, -0.1) is 11.3 Å². The van der Waals surface area contributed by atoms with Gasteiger partial charge in [0.15, 0.2) is 5.13 Å². The molecule has 0 saturated heterocycles. The highest BCUT2D eigenvalue weighted by Crippen LogP contribution is 2.30. The summed E-state index contributed by atoms with van der Waals surface area (Å²) < 4.78 is 0. The average molecular weight is 309 g/mol. The number of nitrogens with one attached hydrogen (secondary N) is 2. The summed E-state index contributed by atoms with van der Waals surface area (Å²) >= 11 is 1.56. The van der Waals surface area contributed by atoms with E-state index in [4.69, 9.17) is 5.11 Å². The number of urea groups is 1. The fraction of sp³-hybridized carbons (Fsp3) is 0.643. The van der Waals surface area contributed by atoms with Gasteiger partial charge in [0.05, 0.1) is 11.6 Å². The summed E-state index contributed by atoms with van der Waals surface area (Å²) in [6, 6.07) is -0.173. The summed E-state index contributed by atoms with van der Waals surface area (Å²) in [5.41, 5.74) is 1.12. The summed E-state index contributed by atoms with van der Waals surface area (Å²) in [7, 11) is 0. The number of thiazole rings is 1. The maximum atomic E-state index is 12.0. The van der Waals surface area contributed by atoms with Gasteiger partial charge in [-0.05, 0) is 44.9 Å². The van der Waals surface area contributed by atoms with Gasteiger partial charge in [0, 0.05) is 10.9 Å². The van der Waals surface area contributed by atoms with Crippen molar-refractivity contribution in [1.82, 2.24) is 10.3 Å². The number of aromatic nitrogens is 1. The van der Waals surface area contributed by atoms with Crippen LogP contribution in [0.5, 0.6) is 0 Å². The molecule has 0 bridgehead atoms. The Balaban J connectivity index is 1.47. The molecule has 2 aliphatic rings. The first-order chi connectivity index (χ1) is 10.1. The van der Waals surface area contributed by atoms with Crippen LogP contribution >= 0.6 is 11.3 Å². The summed E-state index contributed by atoms with van der Waals surface area (Å²) in [6.45, 7) is 0. The molecule has 6 nitrogen and oxygen atoms in total. The largest absolute Gasteiger partial charge is 0.481 e. The molecule has 0 radical (unpaired) electrons. The van der Waals surface area contributed by atoms with E-state index in [0.29, 0.717) is 18.0 Å². The van der Waals surface area contributed by atoms with Gasteiger partial charge in [-0.2, -0.15) is 0 Å². The van der Waals surface area contributed by atoms with Crippen molar-refractivity contribution in [1.29, 1.82) is 0 Å². The summed E-state index contributed by atoms with van der Waals surface area (Å²) in [4.78, 5) is 28.5. The van der Waals surface area contributed by atoms with Crippen molar-refractivity contribution in [2.45, 2.75) is 51.0 Å². The second-order valence-corrected chi connectivity index (χ2v) is 6.81. The number of aryl methyl sites for hydroxylation is 2. The minimum atomic E-state index is -0.727. The minimum Gasteiger partial charge on any atom is -0.481 e. The van der Waals surface area contributed by atoms with Gasteiger partial charge in [-0.1, -0.05) is 0 Å². The molecular weight excluding hydrogens is 290 g/mol. The van der Waals surface area contributed by atoms with E-state index in [1.807, 2.05) is 0 Å². The van der Waals surface area contributed by atoms with Crippen LogP contribution in [0.3, 0.4) is 0 Å². The highest BCUT2D eigenvalue weighted by Gasteiger charge is 2.27. The van der Waals surface area contributed by atoms with Crippen molar-refractivity contribution in [3.63, 3.8) is 0 Å². The molecule has 1 aromatic heterocycles. The molecule has 0 aliphatic heterocycles. The zero-order valence-corrected chi connectivity index (χ0v) is 12.5. The lowest BCUT2D eigenvalue weighted by atomic mass is 9.86. The number of nitrogens with zero attached hydrogens (tertiary/aromatic N) is 1. The Kier molecular flexibility index (Phi) is 4.10. The number of carboxylic acid groups (broad SMARTS) is 1. The lowest BCUT2D eigenvalue weighted by Crippen LogP contribution is -2.40. The molecule has 0 spiro atoms. The maximum Gasteiger partial charge on any atom is 0.321 e. The third kappa shape index (κ3) is 3.34. The van der Waals surface area contributed by atoms with E-state index in [1.54, 1.807) is 11.3 Å². The van der Waals surface area contributed by atoms with E-state index >= 15 is 0 Å². The van der Waals surface area contributed by atoms with Crippen molar-refractivity contribution >= 4 is 28.5 Å². The van der Waals surface area contributed by atoms with Gasteiger partial charge in [0.1, 0.15) is 0 Å². The van der Waals surface area contributed by atoms with E-state index in [-0.39, 0.29) is 18.0 Å². The first-order valence-electron chi connectivity index (χ1n) is 7.40. The van der Waals surface area contributed by atoms with E-state index in [2.05, 4.69) is 15.6 Å². The van der Waals surface area contributed by atoms with E-state index in [0.717, 1.165) is 37.8 Å². The molecule has 0 aromatic carbocycles. The molecule has 3 N–H and O–H groups in total. The summed E-state index contributed by atoms with van der Waals surface area (Å²) in [5.74, 6) is -0.983. The van der Waals surface area contributed by atoms with Gasteiger partial charge >= 0.3 is 12.0 Å². The first-order valence-corrected chi connectivity index (χ1v) is 8.22. The Bertz CT molecular complexity index is 528. The van der Waals surface area contributed by atoms with Crippen LogP contribution in [0.15, 0.2) is 0 Å². The number of fused-ring (bicyclic) bond motifs is 1. The van der Waals surface area contributed by atoms with Crippen LogP contribution in [-0.2, 0) is 17.6 Å². The molecule has 0 unspecified atom stereocenters. The molecular formula is C14H19N3O3S. The van der Waals surface area contributed by atoms with Crippen LogP contribution in [0, 0.1) is 5.92 Å². The predicted molar refractivity (Wildman–Crippen MR) is 79.7 cm³/mol. The third-order valence-electron chi connectivity index (χ3n) is 4.23. The number of hydrogen-bond donors (Lipinski definition) is 3. The molecule has 1 heterocycles. The van der Waals surface area contributed by atoms with Gasteiger partial charge < -0.3 is 10.4 Å². The predicted octanol–water partition coefficient (Wildman–Crippen LogP) is 2.40. The second kappa shape index (κ2) is 6.01. The van der Waals surface area contributed by atoms with Gasteiger partial charge in [-0.25, -0.2) is 9.78 Å². The average Bonchev–Trinajstić information content (AvgIpc) is 3.00. The number of amides is 2. The second-order valence-electron chi connectivity index (χ2n) is 5.73. The van der Waals surface area contributed by atoms with Crippen LogP contribution in [0.1, 0.15) is 42.7 Å². The smallest absolute Gasteiger partial charge is 0.321 e. The van der Waals surface area contributed by atoms with E-state index < -0.39 is 5.97 Å². The molecule has 21 heavy (non-hydrogen) atoms. The standard InChI is InChI=1S/C14H19N3O3S/c18-12(19)8-4-6-9(7-5-8)15-13(20)17-14-16-10-2-1-3-11(10)21-14/h8-9H,1-7H2,(H,18,19)(H2,15,16,17,20). The number of aliphatic carboxylic acids is 1. The zero-order chi connectivity index (χ0) is 14.8. The quantitative estimate of drug-likeness (QED) is 0.799. The van der Waals surface area contributed by atoms with Crippen molar-refractivity contribution in [2.24, 2.45) is 5.92 Å². The number of carbonyl (C=O) groups excluding carboxylic acids is 1. The number of rotatable bonds is 3. The molecule has 2 amide bonds. The van der Waals surface area contributed by atoms with Gasteiger partial charge in [0.25, 0.3) is 0 Å². The number of carbonyl (C=O) groups is 2. The first kappa shape index (κ1) is 14.3. The van der Waals surface area contributed by atoms with E-state index in [1.165, 1.54) is 4.88 Å². The Morgan fingerprint density at radius 2 is 1.95 bits per heavy atom. The van der Waals surface area contributed by atoms with Crippen molar-refractivity contribution < 1.29 is 14.7 Å². The fourth-order valence-corrected chi connectivity index (χ4v) is 4.09. The molecule has 7 heteroatoms. The Morgan fingerprint density at radius 3 is 2.62 bits per heavy atom. The van der Waals surface area contributed by atoms with Gasteiger partial charge in [-0.3, -0.25) is 10.1 Å². The topological polar surface area (TPSA) is 91.3 Å². The third-order valence-corrected chi connectivity index (χ3v) is 5.30.